The molecule has 1 fully saturated rings. The second-order valence-corrected chi connectivity index (χ2v) is 4.87. The molecular weight excluding hydrogens is 276 g/mol. The van der Waals surface area contributed by atoms with Gasteiger partial charge in [0.25, 0.3) is 11.6 Å². The van der Waals surface area contributed by atoms with Gasteiger partial charge in [-0.2, -0.15) is 0 Å². The zero-order chi connectivity index (χ0) is 15.6. The highest BCUT2D eigenvalue weighted by Gasteiger charge is 2.23. The van der Waals surface area contributed by atoms with E-state index in [1.54, 1.807) is 4.90 Å². The first kappa shape index (κ1) is 14.7. The van der Waals surface area contributed by atoms with Crippen molar-refractivity contribution in [2.45, 2.75) is 12.8 Å². The number of nitro groups is 1. The van der Waals surface area contributed by atoms with Crippen LogP contribution >= 0.6 is 0 Å². The number of piperidine rings is 1. The lowest BCUT2D eigenvalue weighted by atomic mass is 10.0. The van der Waals surface area contributed by atoms with Gasteiger partial charge in [-0.25, -0.2) is 4.79 Å². The number of nitro benzene ring substituents is 1. The number of likely N-dealkylation sites (tertiary alicyclic amines) is 1. The van der Waals surface area contributed by atoms with E-state index in [1.165, 1.54) is 6.07 Å². The Morgan fingerprint density at radius 2 is 1.76 bits per heavy atom. The Hall–Kier alpha value is -2.70. The summed E-state index contributed by atoms with van der Waals surface area (Å²) in [5, 5.41) is 19.8. The molecule has 1 heterocycles. The Labute approximate surface area is 120 Å². The summed E-state index contributed by atoms with van der Waals surface area (Å²) in [6.07, 6.45) is 1.37. The molecule has 1 saturated heterocycles. The Morgan fingerprint density at radius 1 is 1.19 bits per heavy atom. The molecule has 0 aliphatic carbocycles. The van der Waals surface area contributed by atoms with E-state index >= 15 is 0 Å². The van der Waals surface area contributed by atoms with Gasteiger partial charge in [0.1, 0.15) is 0 Å². The summed E-state index contributed by atoms with van der Waals surface area (Å²) in [6, 6.07) is 3.22. The number of carbonyl (C=O) groups excluding carboxylic acids is 1. The van der Waals surface area contributed by atoms with Crippen molar-refractivity contribution in [2.24, 2.45) is 0 Å². The smallest absolute Gasteiger partial charge is 0.335 e. The Balaban J connectivity index is 2.33. The van der Waals surface area contributed by atoms with Gasteiger partial charge in [0.05, 0.1) is 10.5 Å². The van der Waals surface area contributed by atoms with Crippen LogP contribution in [0.15, 0.2) is 30.4 Å². The first-order valence-corrected chi connectivity index (χ1v) is 6.37. The van der Waals surface area contributed by atoms with E-state index in [9.17, 15) is 19.7 Å². The van der Waals surface area contributed by atoms with Crippen LogP contribution in [0, 0.1) is 10.1 Å². The molecule has 1 aromatic rings. The summed E-state index contributed by atoms with van der Waals surface area (Å²) in [4.78, 5) is 35.0. The second-order valence-electron chi connectivity index (χ2n) is 4.87. The van der Waals surface area contributed by atoms with Gasteiger partial charge in [-0.1, -0.05) is 12.2 Å². The standard InChI is InChI=1S/C14H14N2O5/c1-9-2-4-15(5-3-9)13(17)10-6-11(14(18)19)8-12(7-10)16(20)21/h6-8H,1-5H2,(H,18,19). The largest absolute Gasteiger partial charge is 0.478 e. The third-order valence-electron chi connectivity index (χ3n) is 3.38. The summed E-state index contributed by atoms with van der Waals surface area (Å²) in [5.74, 6) is -1.70. The van der Waals surface area contributed by atoms with Crippen LogP contribution < -0.4 is 0 Å². The highest BCUT2D eigenvalue weighted by molar-refractivity contribution is 5.98. The average Bonchev–Trinajstić information content (AvgIpc) is 2.46. The number of aromatic carboxylic acids is 1. The lowest BCUT2D eigenvalue weighted by molar-refractivity contribution is -0.384. The van der Waals surface area contributed by atoms with Crippen LogP contribution in [0.3, 0.4) is 0 Å². The number of non-ortho nitro benzene ring substituents is 1. The normalized spacial score (nSPS) is 14.9. The maximum atomic E-state index is 12.3. The first-order valence-electron chi connectivity index (χ1n) is 6.37. The zero-order valence-corrected chi connectivity index (χ0v) is 11.2. The fourth-order valence-corrected chi connectivity index (χ4v) is 2.17. The van der Waals surface area contributed by atoms with Crippen LogP contribution in [0.2, 0.25) is 0 Å². The van der Waals surface area contributed by atoms with E-state index in [4.69, 9.17) is 5.11 Å². The van der Waals surface area contributed by atoms with Crippen LogP contribution in [0.5, 0.6) is 0 Å². The number of carboxylic acids is 1. The molecule has 1 aliphatic rings. The molecule has 1 aromatic carbocycles. The summed E-state index contributed by atoms with van der Waals surface area (Å²) in [5.41, 5.74) is 0.409. The molecule has 0 unspecified atom stereocenters. The molecule has 110 valence electrons. The SMILES string of the molecule is C=C1CCN(C(=O)c2cc(C(=O)O)cc([N+](=O)[O-])c2)CC1. The van der Waals surface area contributed by atoms with Crippen LogP contribution in [-0.4, -0.2) is 39.9 Å². The van der Waals surface area contributed by atoms with Gasteiger partial charge < -0.3 is 10.0 Å². The molecule has 7 nitrogen and oxygen atoms in total. The van der Waals surface area contributed by atoms with Crippen molar-refractivity contribution < 1.29 is 19.6 Å². The molecule has 0 saturated carbocycles. The van der Waals surface area contributed by atoms with Crippen LogP contribution in [0.4, 0.5) is 5.69 Å². The van der Waals surface area contributed by atoms with Crippen molar-refractivity contribution in [3.8, 4) is 0 Å². The number of hydrogen-bond acceptors (Lipinski definition) is 4. The van der Waals surface area contributed by atoms with Crippen LogP contribution in [-0.2, 0) is 0 Å². The van der Waals surface area contributed by atoms with Gasteiger partial charge in [0.2, 0.25) is 0 Å². The minimum absolute atomic E-state index is 0.0223. The molecule has 1 amide bonds. The number of hydrogen-bond donors (Lipinski definition) is 1. The quantitative estimate of drug-likeness (QED) is 0.522. The number of carboxylic acid groups (broad SMARTS) is 1. The molecule has 0 aromatic heterocycles. The number of nitrogens with zero attached hydrogens (tertiary/aromatic N) is 2. The lowest BCUT2D eigenvalue weighted by Gasteiger charge is -2.28. The van der Waals surface area contributed by atoms with E-state index < -0.39 is 22.5 Å². The summed E-state index contributed by atoms with van der Waals surface area (Å²) >= 11 is 0. The number of benzene rings is 1. The number of carbonyl (C=O) groups is 2. The molecule has 1 N–H and O–H groups in total. The molecule has 1 aliphatic heterocycles. The molecule has 2 rings (SSSR count). The average molecular weight is 290 g/mol. The maximum Gasteiger partial charge on any atom is 0.335 e. The van der Waals surface area contributed by atoms with Gasteiger partial charge in [0, 0.05) is 30.8 Å². The molecule has 7 heteroatoms. The minimum atomic E-state index is -1.31. The summed E-state index contributed by atoms with van der Waals surface area (Å²) < 4.78 is 0. The van der Waals surface area contributed by atoms with Gasteiger partial charge in [-0.15, -0.1) is 0 Å². The van der Waals surface area contributed by atoms with Gasteiger partial charge >= 0.3 is 5.97 Å². The van der Waals surface area contributed by atoms with Gasteiger partial charge in [0.15, 0.2) is 0 Å². The number of amides is 1. The van der Waals surface area contributed by atoms with Crippen LogP contribution in [0.25, 0.3) is 0 Å². The van der Waals surface area contributed by atoms with Crippen molar-refractivity contribution in [1.82, 2.24) is 4.90 Å². The second kappa shape index (κ2) is 5.74. The molecule has 0 spiro atoms. The third-order valence-corrected chi connectivity index (χ3v) is 3.38. The highest BCUT2D eigenvalue weighted by Crippen LogP contribution is 2.21. The molecule has 0 bridgehead atoms. The van der Waals surface area contributed by atoms with Crippen molar-refractivity contribution >= 4 is 17.6 Å². The topological polar surface area (TPSA) is 101 Å². The first-order chi connectivity index (χ1) is 9.88. The zero-order valence-electron chi connectivity index (χ0n) is 11.2. The minimum Gasteiger partial charge on any atom is -0.478 e. The fourth-order valence-electron chi connectivity index (χ4n) is 2.17. The highest BCUT2D eigenvalue weighted by atomic mass is 16.6. The van der Waals surface area contributed by atoms with E-state index in [-0.39, 0.29) is 11.1 Å². The van der Waals surface area contributed by atoms with E-state index in [0.29, 0.717) is 25.9 Å². The third kappa shape index (κ3) is 3.25. The van der Waals surface area contributed by atoms with Gasteiger partial charge in [-0.3, -0.25) is 14.9 Å². The summed E-state index contributed by atoms with van der Waals surface area (Å²) in [7, 11) is 0. The van der Waals surface area contributed by atoms with Crippen molar-refractivity contribution in [3.05, 3.63) is 51.6 Å². The van der Waals surface area contributed by atoms with E-state index in [1.807, 2.05) is 0 Å². The predicted octanol–water partition coefficient (Wildman–Crippen LogP) is 2.09. The fraction of sp³-hybridized carbons (Fsp3) is 0.286. The van der Waals surface area contributed by atoms with Crippen molar-refractivity contribution in [1.29, 1.82) is 0 Å². The molecular formula is C14H14N2O5. The Morgan fingerprint density at radius 3 is 2.29 bits per heavy atom. The van der Waals surface area contributed by atoms with Crippen molar-refractivity contribution in [2.75, 3.05) is 13.1 Å². The Kier molecular flexibility index (Phi) is 4.02. The van der Waals surface area contributed by atoms with Crippen molar-refractivity contribution in [3.63, 3.8) is 0 Å². The van der Waals surface area contributed by atoms with Gasteiger partial charge in [-0.05, 0) is 18.9 Å². The van der Waals surface area contributed by atoms with E-state index in [0.717, 1.165) is 17.7 Å². The molecule has 0 radical (unpaired) electrons. The maximum absolute atomic E-state index is 12.3. The number of rotatable bonds is 3. The summed E-state index contributed by atoms with van der Waals surface area (Å²) in [6.45, 7) is 4.83. The molecule has 0 atom stereocenters. The lowest BCUT2D eigenvalue weighted by Crippen LogP contribution is -2.36. The van der Waals surface area contributed by atoms with E-state index in [2.05, 4.69) is 6.58 Å². The van der Waals surface area contributed by atoms with Crippen LogP contribution in [0.1, 0.15) is 33.6 Å². The predicted molar refractivity (Wildman–Crippen MR) is 74.3 cm³/mol. The monoisotopic (exact) mass is 290 g/mol. The Bertz CT molecular complexity index is 596. The molecule has 21 heavy (non-hydrogen) atoms.